The predicted molar refractivity (Wildman–Crippen MR) is 138 cm³/mol. The number of unbranched alkanes of at least 4 members (excludes halogenated alkanes) is 7. The van der Waals surface area contributed by atoms with Crippen LogP contribution in [0.4, 0.5) is 0 Å². The summed E-state index contributed by atoms with van der Waals surface area (Å²) in [6.45, 7) is 4.08. The van der Waals surface area contributed by atoms with Gasteiger partial charge in [-0.3, -0.25) is 10.2 Å². The Morgan fingerprint density at radius 1 is 1.03 bits per heavy atom. The molecule has 186 valence electrons. The third kappa shape index (κ3) is 8.39. The van der Waals surface area contributed by atoms with Crippen LogP contribution in [0.5, 0.6) is 0 Å². The van der Waals surface area contributed by atoms with Gasteiger partial charge in [-0.25, -0.2) is 4.68 Å². The van der Waals surface area contributed by atoms with Crippen molar-refractivity contribution in [1.29, 1.82) is 5.41 Å². The minimum Gasteiger partial charge on any atom is -0.352 e. The van der Waals surface area contributed by atoms with Crippen LogP contribution in [0, 0.1) is 5.41 Å². The number of aryl methyl sites for hydroxylation is 1. The zero-order valence-electron chi connectivity index (χ0n) is 21.1. The van der Waals surface area contributed by atoms with Gasteiger partial charge in [-0.15, -0.1) is 0 Å². The minimum absolute atomic E-state index is 0.212. The monoisotopic (exact) mass is 465 g/mol. The summed E-state index contributed by atoms with van der Waals surface area (Å²) >= 11 is 0. The molecule has 6 heteroatoms. The molecule has 1 aliphatic rings. The van der Waals surface area contributed by atoms with Crippen LogP contribution in [0.25, 0.3) is 11.3 Å². The fourth-order valence-electron chi connectivity index (χ4n) is 4.99. The number of nitrogens with zero attached hydrogens (tertiary/aromatic N) is 3. The van der Waals surface area contributed by atoms with Crippen LogP contribution in [0.15, 0.2) is 42.5 Å². The molecular formula is C28H43N5O. The molecule has 0 aliphatic carbocycles. The van der Waals surface area contributed by atoms with E-state index in [1.165, 1.54) is 44.9 Å². The lowest BCUT2D eigenvalue weighted by atomic mass is 10.1. The normalized spacial score (nSPS) is 17.1. The Hall–Kier alpha value is -2.47. The third-order valence-corrected chi connectivity index (χ3v) is 7.04. The zero-order valence-corrected chi connectivity index (χ0v) is 21.1. The summed E-state index contributed by atoms with van der Waals surface area (Å²) < 4.78 is 1.82. The van der Waals surface area contributed by atoms with Gasteiger partial charge in [0.1, 0.15) is 5.49 Å². The van der Waals surface area contributed by atoms with Gasteiger partial charge in [0.15, 0.2) is 0 Å². The average Bonchev–Trinajstić information content (AvgIpc) is 3.28. The van der Waals surface area contributed by atoms with Crippen LogP contribution < -0.4 is 10.8 Å². The first-order chi connectivity index (χ1) is 16.5. The highest BCUT2D eigenvalue weighted by Gasteiger charge is 2.27. The van der Waals surface area contributed by atoms with E-state index in [-0.39, 0.29) is 11.9 Å². The van der Waals surface area contributed by atoms with Crippen molar-refractivity contribution < 1.29 is 4.79 Å². The van der Waals surface area contributed by atoms with Gasteiger partial charge < -0.3 is 10.2 Å². The lowest BCUT2D eigenvalue weighted by Crippen LogP contribution is -2.46. The van der Waals surface area contributed by atoms with Gasteiger partial charge in [0.2, 0.25) is 5.91 Å². The fourth-order valence-corrected chi connectivity index (χ4v) is 4.99. The molecule has 2 atom stereocenters. The highest BCUT2D eigenvalue weighted by molar-refractivity contribution is 5.76. The number of amides is 1. The lowest BCUT2D eigenvalue weighted by Gasteiger charge is -2.26. The first kappa shape index (κ1) is 26.1. The number of hydrogen-bond acceptors (Lipinski definition) is 4. The lowest BCUT2D eigenvalue weighted by molar-refractivity contribution is -0.122. The van der Waals surface area contributed by atoms with Crippen molar-refractivity contribution >= 4 is 5.91 Å². The molecule has 1 fully saturated rings. The molecule has 0 radical (unpaired) electrons. The summed E-state index contributed by atoms with van der Waals surface area (Å²) in [4.78, 5) is 14.6. The van der Waals surface area contributed by atoms with E-state index in [1.807, 2.05) is 35.0 Å². The molecule has 2 unspecified atom stereocenters. The Morgan fingerprint density at radius 2 is 1.71 bits per heavy atom. The molecule has 2 heterocycles. The second-order valence-corrected chi connectivity index (χ2v) is 9.82. The van der Waals surface area contributed by atoms with Gasteiger partial charge in [0.05, 0.1) is 5.69 Å². The molecule has 2 N–H and O–H groups in total. The summed E-state index contributed by atoms with van der Waals surface area (Å²) in [6.07, 6.45) is 12.3. The molecule has 1 amide bonds. The average molecular weight is 466 g/mol. The van der Waals surface area contributed by atoms with E-state index in [0.717, 1.165) is 43.6 Å². The number of hydrogen-bond donors (Lipinski definition) is 2. The SMILES string of the molecule is CC(NC(=O)CCCCCCCCCCn1nc(-c2ccccc2)ccc1=N)C1CCCN1C. The van der Waals surface area contributed by atoms with Crippen LogP contribution in [-0.4, -0.2) is 46.3 Å². The summed E-state index contributed by atoms with van der Waals surface area (Å²) in [6, 6.07) is 14.7. The largest absolute Gasteiger partial charge is 0.352 e. The van der Waals surface area contributed by atoms with Crippen LogP contribution in [-0.2, 0) is 11.3 Å². The van der Waals surface area contributed by atoms with Crippen LogP contribution in [0.2, 0.25) is 0 Å². The molecule has 1 aromatic heterocycles. The fraction of sp³-hybridized carbons (Fsp3) is 0.607. The number of carbonyl (C=O) groups excluding carboxylic acids is 1. The number of likely N-dealkylation sites (N-methyl/N-ethyl adjacent to an activating group) is 1. The van der Waals surface area contributed by atoms with E-state index >= 15 is 0 Å². The smallest absolute Gasteiger partial charge is 0.220 e. The number of likely N-dealkylation sites (tertiary alicyclic amines) is 1. The van der Waals surface area contributed by atoms with Crippen molar-refractivity contribution in [2.45, 2.75) is 96.2 Å². The molecule has 6 nitrogen and oxygen atoms in total. The van der Waals surface area contributed by atoms with E-state index < -0.39 is 0 Å². The summed E-state index contributed by atoms with van der Waals surface area (Å²) in [5.41, 5.74) is 2.48. The zero-order chi connectivity index (χ0) is 24.2. The Morgan fingerprint density at radius 3 is 2.38 bits per heavy atom. The van der Waals surface area contributed by atoms with Gasteiger partial charge in [0.25, 0.3) is 0 Å². The molecule has 0 saturated carbocycles. The maximum Gasteiger partial charge on any atom is 0.220 e. The van der Waals surface area contributed by atoms with Crippen molar-refractivity contribution in [2.24, 2.45) is 0 Å². The maximum atomic E-state index is 12.2. The number of carbonyl (C=O) groups is 1. The van der Waals surface area contributed by atoms with Crippen LogP contribution in [0.1, 0.15) is 77.6 Å². The van der Waals surface area contributed by atoms with Crippen molar-refractivity contribution in [3.8, 4) is 11.3 Å². The molecule has 1 aliphatic heterocycles. The van der Waals surface area contributed by atoms with Crippen molar-refractivity contribution in [3.05, 3.63) is 48.0 Å². The summed E-state index contributed by atoms with van der Waals surface area (Å²) in [5, 5.41) is 16.0. The first-order valence-corrected chi connectivity index (χ1v) is 13.2. The van der Waals surface area contributed by atoms with Gasteiger partial charge in [-0.2, -0.15) is 5.10 Å². The predicted octanol–water partition coefficient (Wildman–Crippen LogP) is 5.14. The summed E-state index contributed by atoms with van der Waals surface area (Å²) in [7, 11) is 2.16. The van der Waals surface area contributed by atoms with E-state index in [1.54, 1.807) is 0 Å². The van der Waals surface area contributed by atoms with E-state index in [0.29, 0.717) is 18.0 Å². The maximum absolute atomic E-state index is 12.2. The van der Waals surface area contributed by atoms with E-state index in [9.17, 15) is 4.79 Å². The first-order valence-electron chi connectivity index (χ1n) is 13.2. The Bertz CT molecular complexity index is 926. The van der Waals surface area contributed by atoms with E-state index in [2.05, 4.69) is 41.4 Å². The molecule has 1 saturated heterocycles. The molecule has 34 heavy (non-hydrogen) atoms. The van der Waals surface area contributed by atoms with Gasteiger partial charge in [-0.1, -0.05) is 68.9 Å². The Labute approximate surface area is 205 Å². The Balaban J connectivity index is 1.21. The molecule has 2 aromatic rings. The van der Waals surface area contributed by atoms with Crippen molar-refractivity contribution in [3.63, 3.8) is 0 Å². The van der Waals surface area contributed by atoms with Crippen LogP contribution >= 0.6 is 0 Å². The van der Waals surface area contributed by atoms with Crippen molar-refractivity contribution in [1.82, 2.24) is 20.0 Å². The molecule has 0 bridgehead atoms. The van der Waals surface area contributed by atoms with Crippen molar-refractivity contribution in [2.75, 3.05) is 13.6 Å². The highest BCUT2D eigenvalue weighted by atomic mass is 16.1. The topological polar surface area (TPSA) is 74.0 Å². The standard InChI is InChI=1S/C28H43N5O/c1-23(26-17-14-21-32(26)2)30-28(34)18-12-7-5-3-4-6-8-13-22-33-27(29)20-19-25(31-33)24-15-10-9-11-16-24/h9-11,15-16,19-20,23,26,29H,3-8,12-14,17-18,21-22H2,1-2H3,(H,30,34). The quantitative estimate of drug-likeness (QED) is 0.379. The molecular weight excluding hydrogens is 422 g/mol. The number of rotatable bonds is 14. The number of nitrogens with one attached hydrogen (secondary N) is 2. The molecule has 0 spiro atoms. The Kier molecular flexibility index (Phi) is 10.8. The molecule has 3 rings (SSSR count). The molecule has 1 aromatic carbocycles. The number of benzene rings is 1. The second kappa shape index (κ2) is 14.1. The third-order valence-electron chi connectivity index (χ3n) is 7.04. The number of aromatic nitrogens is 2. The minimum atomic E-state index is 0.212. The summed E-state index contributed by atoms with van der Waals surface area (Å²) in [5.74, 6) is 0.212. The van der Waals surface area contributed by atoms with Gasteiger partial charge in [-0.05, 0) is 58.3 Å². The van der Waals surface area contributed by atoms with Gasteiger partial charge in [0, 0.05) is 30.6 Å². The second-order valence-electron chi connectivity index (χ2n) is 9.82. The highest BCUT2D eigenvalue weighted by Crippen LogP contribution is 2.18. The van der Waals surface area contributed by atoms with Gasteiger partial charge >= 0.3 is 0 Å². The van der Waals surface area contributed by atoms with Crippen LogP contribution in [0.3, 0.4) is 0 Å². The van der Waals surface area contributed by atoms with E-state index in [4.69, 9.17) is 5.41 Å².